The fourth-order valence-electron chi connectivity index (χ4n) is 1.36. The summed E-state index contributed by atoms with van der Waals surface area (Å²) in [5.41, 5.74) is 6.65. The first-order valence-corrected chi connectivity index (χ1v) is 7.73. The number of amides is 1. The third kappa shape index (κ3) is 6.51. The molecule has 0 saturated carbocycles. The van der Waals surface area contributed by atoms with E-state index in [1.165, 1.54) is 0 Å². The van der Waals surface area contributed by atoms with Crippen LogP contribution in [0, 0.1) is 0 Å². The van der Waals surface area contributed by atoms with Gasteiger partial charge in [0.15, 0.2) is 0 Å². The van der Waals surface area contributed by atoms with Crippen molar-refractivity contribution in [1.29, 1.82) is 0 Å². The molecule has 0 heterocycles. The molecular formula is C12H18BrClN2O2S. The number of halogens is 2. The molecule has 4 N–H and O–H groups in total. The maximum absolute atomic E-state index is 11.7. The van der Waals surface area contributed by atoms with Gasteiger partial charge < -0.3 is 16.2 Å². The Balaban J connectivity index is 0.00000324. The Hall–Kier alpha value is -0.430. The van der Waals surface area contributed by atoms with Crippen molar-refractivity contribution in [2.45, 2.75) is 19.0 Å². The van der Waals surface area contributed by atoms with Gasteiger partial charge in [-0.2, -0.15) is 11.8 Å². The van der Waals surface area contributed by atoms with E-state index in [0.29, 0.717) is 17.4 Å². The number of aromatic hydroxyl groups is 1. The van der Waals surface area contributed by atoms with Crippen LogP contribution in [-0.4, -0.2) is 29.1 Å². The van der Waals surface area contributed by atoms with E-state index < -0.39 is 6.04 Å². The Morgan fingerprint density at radius 1 is 1.58 bits per heavy atom. The highest BCUT2D eigenvalue weighted by Gasteiger charge is 2.12. The van der Waals surface area contributed by atoms with Crippen molar-refractivity contribution in [1.82, 2.24) is 5.32 Å². The molecule has 0 aliphatic heterocycles. The first-order chi connectivity index (χ1) is 8.54. The van der Waals surface area contributed by atoms with Gasteiger partial charge in [-0.05, 0) is 52.1 Å². The van der Waals surface area contributed by atoms with Crippen LogP contribution in [0.1, 0.15) is 12.0 Å². The Kier molecular flexibility index (Phi) is 9.26. The van der Waals surface area contributed by atoms with Crippen molar-refractivity contribution in [3.63, 3.8) is 0 Å². The summed E-state index contributed by atoms with van der Waals surface area (Å²) >= 11 is 4.90. The molecule has 0 fully saturated rings. The zero-order valence-electron chi connectivity index (χ0n) is 10.6. The highest BCUT2D eigenvalue weighted by Crippen LogP contribution is 2.24. The van der Waals surface area contributed by atoms with Gasteiger partial charge in [-0.25, -0.2) is 0 Å². The molecule has 1 atom stereocenters. The summed E-state index contributed by atoms with van der Waals surface area (Å²) < 4.78 is 0.612. The lowest BCUT2D eigenvalue weighted by molar-refractivity contribution is -0.122. The molecule has 1 unspecified atom stereocenters. The van der Waals surface area contributed by atoms with Gasteiger partial charge in [-0.1, -0.05) is 6.07 Å². The molecule has 1 aromatic carbocycles. The second-order valence-electron chi connectivity index (χ2n) is 3.89. The number of rotatable bonds is 6. The number of phenolic OH excluding ortho intramolecular Hbond substituents is 1. The molecule has 1 rings (SSSR count). The van der Waals surface area contributed by atoms with Gasteiger partial charge in [0, 0.05) is 6.54 Å². The molecule has 0 aliphatic carbocycles. The molecule has 0 spiro atoms. The number of benzene rings is 1. The van der Waals surface area contributed by atoms with E-state index in [9.17, 15) is 9.90 Å². The van der Waals surface area contributed by atoms with Crippen LogP contribution in [0.5, 0.6) is 5.75 Å². The van der Waals surface area contributed by atoms with E-state index in [0.717, 1.165) is 11.3 Å². The number of hydrogen-bond donors (Lipinski definition) is 3. The molecule has 4 nitrogen and oxygen atoms in total. The zero-order chi connectivity index (χ0) is 13.5. The predicted octanol–water partition coefficient (Wildman–Crippen LogP) is 2.27. The molecule has 1 aromatic rings. The fourth-order valence-corrected chi connectivity index (χ4v) is 2.27. The average Bonchev–Trinajstić information content (AvgIpc) is 2.36. The zero-order valence-corrected chi connectivity index (χ0v) is 13.8. The normalized spacial score (nSPS) is 11.5. The minimum Gasteiger partial charge on any atom is -0.507 e. The van der Waals surface area contributed by atoms with Gasteiger partial charge in [0.2, 0.25) is 5.91 Å². The van der Waals surface area contributed by atoms with Crippen molar-refractivity contribution >= 4 is 46.0 Å². The molecule has 0 aromatic heterocycles. The molecule has 1 amide bonds. The topological polar surface area (TPSA) is 75.4 Å². The summed E-state index contributed by atoms with van der Waals surface area (Å²) in [5.74, 6) is 0.911. The predicted molar refractivity (Wildman–Crippen MR) is 85.9 cm³/mol. The monoisotopic (exact) mass is 368 g/mol. The number of thioether (sulfide) groups is 1. The molecule has 0 aliphatic rings. The maximum Gasteiger partial charge on any atom is 0.237 e. The largest absolute Gasteiger partial charge is 0.507 e. The Labute approximate surface area is 132 Å². The van der Waals surface area contributed by atoms with Crippen LogP contribution in [0.2, 0.25) is 0 Å². The number of nitrogens with one attached hydrogen (secondary N) is 1. The minimum atomic E-state index is -0.460. The first-order valence-electron chi connectivity index (χ1n) is 5.54. The van der Waals surface area contributed by atoms with E-state index >= 15 is 0 Å². The van der Waals surface area contributed by atoms with Crippen LogP contribution >= 0.6 is 40.1 Å². The number of hydrogen-bond acceptors (Lipinski definition) is 4. The summed E-state index contributed by atoms with van der Waals surface area (Å²) in [6, 6.07) is 4.65. The lowest BCUT2D eigenvalue weighted by atomic mass is 10.2. The minimum absolute atomic E-state index is 0. The standard InChI is InChI=1S/C12H17BrN2O2S.ClH/c1-18-5-4-10(14)12(17)15-7-8-2-3-11(16)9(13)6-8;/h2-3,6,10,16H,4-5,7,14H2,1H3,(H,15,17);1H. The molecule has 19 heavy (non-hydrogen) atoms. The van der Waals surface area contributed by atoms with E-state index in [-0.39, 0.29) is 24.1 Å². The van der Waals surface area contributed by atoms with Crippen molar-refractivity contribution in [2.75, 3.05) is 12.0 Å². The van der Waals surface area contributed by atoms with Gasteiger partial charge in [0.25, 0.3) is 0 Å². The Morgan fingerprint density at radius 2 is 2.26 bits per heavy atom. The third-order valence-corrected chi connectivity index (χ3v) is 3.73. The second kappa shape index (κ2) is 9.47. The van der Waals surface area contributed by atoms with Crippen molar-refractivity contribution in [2.24, 2.45) is 5.73 Å². The first kappa shape index (κ1) is 18.6. The maximum atomic E-state index is 11.7. The van der Waals surface area contributed by atoms with Crippen LogP contribution in [0.15, 0.2) is 22.7 Å². The molecule has 0 bridgehead atoms. The highest BCUT2D eigenvalue weighted by molar-refractivity contribution is 9.10. The molecule has 7 heteroatoms. The van der Waals surface area contributed by atoms with Gasteiger partial charge in [-0.3, -0.25) is 4.79 Å². The summed E-state index contributed by atoms with van der Waals surface area (Å²) in [6.07, 6.45) is 2.66. The van der Waals surface area contributed by atoms with E-state index in [1.807, 2.05) is 6.26 Å². The Morgan fingerprint density at radius 3 is 2.84 bits per heavy atom. The highest BCUT2D eigenvalue weighted by atomic mass is 79.9. The van der Waals surface area contributed by atoms with Gasteiger partial charge in [0.05, 0.1) is 10.5 Å². The number of carbonyl (C=O) groups is 1. The van der Waals surface area contributed by atoms with Crippen LogP contribution in [0.3, 0.4) is 0 Å². The quantitative estimate of drug-likeness (QED) is 0.719. The van der Waals surface area contributed by atoms with E-state index in [1.54, 1.807) is 30.0 Å². The smallest absolute Gasteiger partial charge is 0.237 e. The van der Waals surface area contributed by atoms with Crippen LogP contribution in [-0.2, 0) is 11.3 Å². The van der Waals surface area contributed by atoms with Crippen LogP contribution in [0.25, 0.3) is 0 Å². The van der Waals surface area contributed by atoms with Gasteiger partial charge >= 0.3 is 0 Å². The lowest BCUT2D eigenvalue weighted by Gasteiger charge is -2.12. The fraction of sp³-hybridized carbons (Fsp3) is 0.417. The van der Waals surface area contributed by atoms with Crippen molar-refractivity contribution in [3.8, 4) is 5.75 Å². The summed E-state index contributed by atoms with van der Waals surface area (Å²) in [7, 11) is 0. The van der Waals surface area contributed by atoms with Crippen LogP contribution < -0.4 is 11.1 Å². The van der Waals surface area contributed by atoms with Crippen molar-refractivity contribution < 1.29 is 9.90 Å². The average molecular weight is 370 g/mol. The summed E-state index contributed by atoms with van der Waals surface area (Å²) in [6.45, 7) is 0.407. The number of carbonyl (C=O) groups excluding carboxylic acids is 1. The van der Waals surface area contributed by atoms with E-state index in [2.05, 4.69) is 21.2 Å². The Bertz CT molecular complexity index is 421. The lowest BCUT2D eigenvalue weighted by Crippen LogP contribution is -2.40. The van der Waals surface area contributed by atoms with Crippen molar-refractivity contribution in [3.05, 3.63) is 28.2 Å². The number of phenols is 1. The van der Waals surface area contributed by atoms with E-state index in [4.69, 9.17) is 5.73 Å². The second-order valence-corrected chi connectivity index (χ2v) is 5.73. The van der Waals surface area contributed by atoms with Crippen LogP contribution in [0.4, 0.5) is 0 Å². The molecule has 0 saturated heterocycles. The molecular weight excluding hydrogens is 352 g/mol. The molecule has 108 valence electrons. The number of nitrogens with two attached hydrogens (primary N) is 1. The molecule has 0 radical (unpaired) electrons. The SMILES string of the molecule is CSCCC(N)C(=O)NCc1ccc(O)c(Br)c1.Cl. The summed E-state index contributed by atoms with van der Waals surface area (Å²) in [5, 5.41) is 12.1. The third-order valence-electron chi connectivity index (χ3n) is 2.45. The van der Waals surface area contributed by atoms with Gasteiger partial charge in [-0.15, -0.1) is 12.4 Å². The summed E-state index contributed by atoms with van der Waals surface area (Å²) in [4.78, 5) is 11.7. The van der Waals surface area contributed by atoms with Gasteiger partial charge in [0.1, 0.15) is 5.75 Å².